The molecule has 4 aliphatic carbocycles. The van der Waals surface area contributed by atoms with Gasteiger partial charge in [0.25, 0.3) is 0 Å². The molecule has 0 aromatic heterocycles. The van der Waals surface area contributed by atoms with E-state index in [0.717, 1.165) is 17.8 Å². The molecule has 106 valence electrons. The summed E-state index contributed by atoms with van der Waals surface area (Å²) in [7, 11) is 0. The number of hydrogen-bond acceptors (Lipinski definition) is 0. The molecule has 0 N–H and O–H groups in total. The Morgan fingerprint density at radius 1 is 0.950 bits per heavy atom. The fourth-order valence-corrected chi connectivity index (χ4v) is 6.41. The zero-order valence-electron chi connectivity index (χ0n) is 12.8. The van der Waals surface area contributed by atoms with Crippen molar-refractivity contribution < 1.29 is 0 Å². The number of aryl methyl sites for hydroxylation is 2. The fraction of sp³-hybridized carbons (Fsp3) is 0.700. The van der Waals surface area contributed by atoms with Crippen molar-refractivity contribution in [1.29, 1.82) is 0 Å². The van der Waals surface area contributed by atoms with E-state index in [1.807, 2.05) is 5.56 Å². The van der Waals surface area contributed by atoms with Crippen molar-refractivity contribution in [3.05, 3.63) is 34.4 Å². The van der Waals surface area contributed by atoms with E-state index in [4.69, 9.17) is 0 Å². The van der Waals surface area contributed by atoms with Crippen molar-refractivity contribution in [2.75, 3.05) is 0 Å². The monoisotopic (exact) mass is 266 g/mol. The first kappa shape index (κ1) is 11.8. The van der Waals surface area contributed by atoms with Crippen LogP contribution in [0.15, 0.2) is 12.1 Å². The highest BCUT2D eigenvalue weighted by Gasteiger charge is 2.50. The molecule has 5 rings (SSSR count). The first-order chi connectivity index (χ1) is 9.76. The summed E-state index contributed by atoms with van der Waals surface area (Å²) in [5, 5.41) is 0. The summed E-state index contributed by atoms with van der Waals surface area (Å²) in [5.41, 5.74) is 7.77. The summed E-state index contributed by atoms with van der Waals surface area (Å²) < 4.78 is 0. The number of benzene rings is 1. The molecule has 0 heterocycles. The van der Waals surface area contributed by atoms with E-state index in [2.05, 4.69) is 19.1 Å². The predicted molar refractivity (Wildman–Crippen MR) is 83.1 cm³/mol. The van der Waals surface area contributed by atoms with Crippen LogP contribution in [-0.2, 0) is 19.3 Å². The van der Waals surface area contributed by atoms with Crippen molar-refractivity contribution >= 4 is 0 Å². The minimum absolute atomic E-state index is 0.709. The molecule has 0 spiro atoms. The summed E-state index contributed by atoms with van der Waals surface area (Å²) in [5.74, 6) is 3.01. The van der Waals surface area contributed by atoms with Gasteiger partial charge in [0.15, 0.2) is 0 Å². The molecular weight excluding hydrogens is 240 g/mol. The van der Waals surface area contributed by atoms with Crippen molar-refractivity contribution in [2.45, 2.75) is 70.6 Å². The van der Waals surface area contributed by atoms with Gasteiger partial charge in [-0.25, -0.2) is 0 Å². The van der Waals surface area contributed by atoms with Gasteiger partial charge in [-0.15, -0.1) is 0 Å². The van der Waals surface area contributed by atoms with E-state index in [9.17, 15) is 0 Å². The maximum absolute atomic E-state index is 2.61. The third kappa shape index (κ3) is 1.38. The molecule has 0 bridgehead atoms. The van der Waals surface area contributed by atoms with Crippen molar-refractivity contribution in [3.63, 3.8) is 0 Å². The lowest BCUT2D eigenvalue weighted by Crippen LogP contribution is -2.40. The molecule has 0 unspecified atom stereocenters. The Bertz CT molecular complexity index is 570. The van der Waals surface area contributed by atoms with Gasteiger partial charge in [-0.05, 0) is 96.8 Å². The molecule has 0 amide bonds. The van der Waals surface area contributed by atoms with Crippen LogP contribution < -0.4 is 0 Å². The van der Waals surface area contributed by atoms with Gasteiger partial charge in [0, 0.05) is 0 Å². The van der Waals surface area contributed by atoms with Crippen LogP contribution in [0.25, 0.3) is 0 Å². The third-order valence-corrected chi connectivity index (χ3v) is 7.52. The van der Waals surface area contributed by atoms with Gasteiger partial charge in [0.05, 0.1) is 0 Å². The molecule has 20 heavy (non-hydrogen) atoms. The van der Waals surface area contributed by atoms with Gasteiger partial charge in [0.2, 0.25) is 0 Å². The SMILES string of the molecule is C[C@@]12CCC[C@H]1[C@@H]1CCc3ccc4c(c3[C@H]1CC2)CC4. The van der Waals surface area contributed by atoms with Gasteiger partial charge in [-0.2, -0.15) is 0 Å². The highest BCUT2D eigenvalue weighted by atomic mass is 14.5. The van der Waals surface area contributed by atoms with Crippen molar-refractivity contribution in [2.24, 2.45) is 17.3 Å². The Balaban J connectivity index is 1.60. The minimum Gasteiger partial charge on any atom is -0.0594 e. The molecule has 1 aromatic rings. The molecule has 2 fully saturated rings. The van der Waals surface area contributed by atoms with Crippen molar-refractivity contribution in [1.82, 2.24) is 0 Å². The summed E-state index contributed by atoms with van der Waals surface area (Å²) in [6, 6.07) is 4.91. The standard InChI is InChI=1S/C20H26/c1-20-11-2-3-18(20)16-9-7-14-5-4-13-6-8-15(13)19(14)17(16)10-12-20/h4-5,16-18H,2-3,6-12H2,1H3/t16-,17+,18+,20+/m1/s1. The van der Waals surface area contributed by atoms with Gasteiger partial charge in [-0.3, -0.25) is 0 Å². The molecule has 1 aromatic carbocycles. The molecule has 2 saturated carbocycles. The van der Waals surface area contributed by atoms with E-state index >= 15 is 0 Å². The molecule has 4 atom stereocenters. The van der Waals surface area contributed by atoms with Gasteiger partial charge < -0.3 is 0 Å². The lowest BCUT2D eigenvalue weighted by Gasteiger charge is -2.50. The molecule has 4 aliphatic rings. The molecule has 0 nitrogen and oxygen atoms in total. The largest absolute Gasteiger partial charge is 0.0594 e. The molecular formula is C20H26. The van der Waals surface area contributed by atoms with Crippen LogP contribution >= 0.6 is 0 Å². The lowest BCUT2D eigenvalue weighted by atomic mass is 9.54. The number of hydrogen-bond donors (Lipinski definition) is 0. The van der Waals surface area contributed by atoms with E-state index in [1.54, 1.807) is 16.7 Å². The van der Waals surface area contributed by atoms with Crippen LogP contribution in [0.3, 0.4) is 0 Å². The predicted octanol–water partition coefficient (Wildman–Crippen LogP) is 5.03. The Morgan fingerprint density at radius 2 is 1.85 bits per heavy atom. The zero-order chi connectivity index (χ0) is 13.3. The first-order valence-corrected chi connectivity index (χ1v) is 8.90. The summed E-state index contributed by atoms with van der Waals surface area (Å²) >= 11 is 0. The van der Waals surface area contributed by atoms with Crippen LogP contribution in [0.2, 0.25) is 0 Å². The van der Waals surface area contributed by atoms with Crippen LogP contribution in [0.1, 0.15) is 73.6 Å². The average molecular weight is 266 g/mol. The van der Waals surface area contributed by atoms with Crippen LogP contribution in [0, 0.1) is 17.3 Å². The second kappa shape index (κ2) is 3.90. The summed E-state index contributed by atoms with van der Waals surface area (Å²) in [4.78, 5) is 0. The zero-order valence-corrected chi connectivity index (χ0v) is 12.8. The van der Waals surface area contributed by atoms with E-state index in [-0.39, 0.29) is 0 Å². The van der Waals surface area contributed by atoms with Gasteiger partial charge in [0.1, 0.15) is 0 Å². The van der Waals surface area contributed by atoms with E-state index in [1.165, 1.54) is 57.8 Å². The number of fused-ring (bicyclic) bond motifs is 7. The normalized spacial score (nSPS) is 41.1. The average Bonchev–Trinajstić information content (AvgIpc) is 2.80. The summed E-state index contributed by atoms with van der Waals surface area (Å²) in [6.45, 7) is 2.61. The topological polar surface area (TPSA) is 0 Å². The van der Waals surface area contributed by atoms with Crippen LogP contribution in [0.4, 0.5) is 0 Å². The Labute approximate surface area is 123 Å². The summed E-state index contributed by atoms with van der Waals surface area (Å²) in [6.07, 6.45) is 13.1. The fourth-order valence-electron chi connectivity index (χ4n) is 6.41. The van der Waals surface area contributed by atoms with Crippen molar-refractivity contribution in [3.8, 4) is 0 Å². The van der Waals surface area contributed by atoms with Crippen LogP contribution in [0.5, 0.6) is 0 Å². The Morgan fingerprint density at radius 3 is 2.70 bits per heavy atom. The Kier molecular flexibility index (Phi) is 2.31. The number of rotatable bonds is 0. The highest BCUT2D eigenvalue weighted by Crippen LogP contribution is 2.61. The maximum Gasteiger partial charge on any atom is -0.0125 e. The molecule has 0 saturated heterocycles. The van der Waals surface area contributed by atoms with Gasteiger partial charge >= 0.3 is 0 Å². The Hall–Kier alpha value is -0.780. The van der Waals surface area contributed by atoms with E-state index < -0.39 is 0 Å². The third-order valence-electron chi connectivity index (χ3n) is 7.52. The lowest BCUT2D eigenvalue weighted by molar-refractivity contribution is 0.0593. The quantitative estimate of drug-likeness (QED) is 0.617. The van der Waals surface area contributed by atoms with Crippen LogP contribution in [-0.4, -0.2) is 0 Å². The van der Waals surface area contributed by atoms with E-state index in [0.29, 0.717) is 5.41 Å². The minimum atomic E-state index is 0.709. The second-order valence-corrected chi connectivity index (χ2v) is 8.28. The molecule has 0 aliphatic heterocycles. The highest BCUT2D eigenvalue weighted by molar-refractivity contribution is 5.50. The second-order valence-electron chi connectivity index (χ2n) is 8.28. The molecule has 0 radical (unpaired) electrons. The first-order valence-electron chi connectivity index (χ1n) is 8.90. The molecule has 0 heteroatoms. The smallest absolute Gasteiger partial charge is 0.0125 e. The van der Waals surface area contributed by atoms with Gasteiger partial charge in [-0.1, -0.05) is 25.5 Å². The maximum atomic E-state index is 2.61.